The summed E-state index contributed by atoms with van der Waals surface area (Å²) in [6.45, 7) is 9.66. The van der Waals surface area contributed by atoms with Crippen molar-refractivity contribution in [1.82, 2.24) is 0 Å². The van der Waals surface area contributed by atoms with Crippen LogP contribution in [-0.2, 0) is 9.53 Å². The molecule has 0 aromatic rings. The summed E-state index contributed by atoms with van der Waals surface area (Å²) in [4.78, 5) is 11.0. The largest absolute Gasteiger partial charge is 0.458 e. The summed E-state index contributed by atoms with van der Waals surface area (Å²) < 4.78 is 5.04. The molecule has 0 saturated heterocycles. The van der Waals surface area contributed by atoms with Gasteiger partial charge >= 0.3 is 5.97 Å². The van der Waals surface area contributed by atoms with E-state index in [-0.39, 0.29) is 5.97 Å². The van der Waals surface area contributed by atoms with Gasteiger partial charge in [-0.2, -0.15) is 0 Å². The third kappa shape index (κ3) is 5.35. The molecule has 0 rings (SSSR count). The Bertz CT molecular complexity index is 306. The zero-order valence-electron chi connectivity index (χ0n) is 10.3. The molecular weight excluding hydrogens is 200 g/mol. The lowest BCUT2D eigenvalue weighted by Gasteiger charge is -2.08. The van der Waals surface area contributed by atoms with Crippen LogP contribution in [0.4, 0.5) is 0 Å². The average molecular weight is 220 g/mol. The molecule has 0 amide bonds. The zero-order chi connectivity index (χ0) is 12.4. The lowest BCUT2D eigenvalue weighted by atomic mass is 10.1. The van der Waals surface area contributed by atoms with E-state index >= 15 is 0 Å². The zero-order valence-corrected chi connectivity index (χ0v) is 10.3. The van der Waals surface area contributed by atoms with Gasteiger partial charge in [0.1, 0.15) is 6.61 Å². The maximum absolute atomic E-state index is 11.0. The highest BCUT2D eigenvalue weighted by atomic mass is 16.5. The van der Waals surface area contributed by atoms with Crippen molar-refractivity contribution < 1.29 is 9.53 Å². The Morgan fingerprint density at radius 3 is 2.19 bits per heavy atom. The van der Waals surface area contributed by atoms with Crippen molar-refractivity contribution in [2.75, 3.05) is 6.61 Å². The minimum atomic E-state index is -0.383. The molecule has 0 fully saturated rings. The van der Waals surface area contributed by atoms with E-state index in [0.717, 1.165) is 17.6 Å². The van der Waals surface area contributed by atoms with Gasteiger partial charge in [0.25, 0.3) is 0 Å². The van der Waals surface area contributed by atoms with Crippen LogP contribution in [0.1, 0.15) is 27.2 Å². The van der Waals surface area contributed by atoms with Gasteiger partial charge < -0.3 is 4.74 Å². The number of carbonyl (C=O) groups is 1. The highest BCUT2D eigenvalue weighted by Crippen LogP contribution is 2.13. The van der Waals surface area contributed by atoms with Crippen molar-refractivity contribution in [2.45, 2.75) is 27.2 Å². The molecule has 0 N–H and O–H groups in total. The smallest absolute Gasteiger partial charge is 0.330 e. The van der Waals surface area contributed by atoms with Gasteiger partial charge in [-0.25, -0.2) is 4.79 Å². The van der Waals surface area contributed by atoms with Gasteiger partial charge in [0.2, 0.25) is 0 Å². The van der Waals surface area contributed by atoms with Gasteiger partial charge in [-0.05, 0) is 31.4 Å². The minimum absolute atomic E-state index is 0.325. The summed E-state index contributed by atoms with van der Waals surface area (Å²) in [5.41, 5.74) is 2.20. The molecule has 16 heavy (non-hydrogen) atoms. The molecule has 0 bridgehead atoms. The SMILES string of the molecule is C=CC(=O)OCC(CC)=C(/C=C\C)/C=C\C. The summed E-state index contributed by atoms with van der Waals surface area (Å²) in [6.07, 6.45) is 10.0. The molecule has 0 heterocycles. The van der Waals surface area contributed by atoms with Crippen molar-refractivity contribution in [3.63, 3.8) is 0 Å². The number of hydrogen-bond acceptors (Lipinski definition) is 2. The Morgan fingerprint density at radius 2 is 1.81 bits per heavy atom. The molecule has 0 aliphatic carbocycles. The molecule has 2 heteroatoms. The fraction of sp³-hybridized carbons (Fsp3) is 0.357. The molecule has 0 radical (unpaired) electrons. The van der Waals surface area contributed by atoms with E-state index in [2.05, 4.69) is 6.58 Å². The van der Waals surface area contributed by atoms with E-state index < -0.39 is 0 Å². The Hall–Kier alpha value is -1.57. The molecule has 0 atom stereocenters. The van der Waals surface area contributed by atoms with Crippen molar-refractivity contribution >= 4 is 5.97 Å². The molecule has 0 saturated carbocycles. The van der Waals surface area contributed by atoms with E-state index in [1.807, 2.05) is 45.1 Å². The summed E-state index contributed by atoms with van der Waals surface area (Å²) in [6, 6.07) is 0. The van der Waals surface area contributed by atoms with E-state index in [9.17, 15) is 4.79 Å². The maximum Gasteiger partial charge on any atom is 0.330 e. The number of allylic oxidation sites excluding steroid dienone is 5. The first-order valence-corrected chi connectivity index (χ1v) is 5.46. The predicted molar refractivity (Wildman–Crippen MR) is 68.1 cm³/mol. The molecule has 0 unspecified atom stereocenters. The second-order valence-electron chi connectivity index (χ2n) is 3.22. The lowest BCUT2D eigenvalue weighted by molar-refractivity contribution is -0.136. The van der Waals surface area contributed by atoms with Gasteiger partial charge in [-0.1, -0.05) is 37.8 Å². The van der Waals surface area contributed by atoms with Crippen LogP contribution >= 0.6 is 0 Å². The highest BCUT2D eigenvalue weighted by Gasteiger charge is 2.03. The summed E-state index contributed by atoms with van der Waals surface area (Å²) in [5.74, 6) is -0.383. The summed E-state index contributed by atoms with van der Waals surface area (Å²) in [7, 11) is 0. The van der Waals surface area contributed by atoms with E-state index in [4.69, 9.17) is 4.74 Å². The summed E-state index contributed by atoms with van der Waals surface area (Å²) in [5, 5.41) is 0. The molecule has 88 valence electrons. The first-order valence-electron chi connectivity index (χ1n) is 5.46. The second kappa shape index (κ2) is 8.72. The van der Waals surface area contributed by atoms with Crippen LogP contribution in [0.25, 0.3) is 0 Å². The van der Waals surface area contributed by atoms with Crippen molar-refractivity contribution in [1.29, 1.82) is 0 Å². The van der Waals surface area contributed by atoms with Gasteiger partial charge in [0, 0.05) is 6.08 Å². The quantitative estimate of drug-likeness (QED) is 0.388. The Labute approximate surface area is 98.0 Å². The number of rotatable bonds is 6. The Kier molecular flexibility index (Phi) is 7.86. The van der Waals surface area contributed by atoms with Crippen LogP contribution in [0.5, 0.6) is 0 Å². The van der Waals surface area contributed by atoms with Gasteiger partial charge in [-0.15, -0.1) is 0 Å². The van der Waals surface area contributed by atoms with Crippen LogP contribution in [0, 0.1) is 0 Å². The standard InChI is InChI=1S/C14H20O2/c1-5-9-13(10-6-2)12(7-3)11-16-14(15)8-4/h5-6,8-10H,4,7,11H2,1-3H3/b9-5-,10-6-. The van der Waals surface area contributed by atoms with Crippen LogP contribution in [0.15, 0.2) is 48.1 Å². The Balaban J connectivity index is 4.80. The fourth-order valence-corrected chi connectivity index (χ4v) is 1.26. The van der Waals surface area contributed by atoms with Crippen LogP contribution in [0.3, 0.4) is 0 Å². The van der Waals surface area contributed by atoms with Gasteiger partial charge in [0.05, 0.1) is 0 Å². The topological polar surface area (TPSA) is 26.3 Å². The molecule has 0 aliphatic heterocycles. The normalized spacial score (nSPS) is 10.7. The molecule has 0 spiro atoms. The Morgan fingerprint density at radius 1 is 1.25 bits per heavy atom. The minimum Gasteiger partial charge on any atom is -0.458 e. The van der Waals surface area contributed by atoms with Crippen LogP contribution in [0.2, 0.25) is 0 Å². The van der Waals surface area contributed by atoms with E-state index in [1.54, 1.807) is 0 Å². The van der Waals surface area contributed by atoms with Gasteiger partial charge in [-0.3, -0.25) is 0 Å². The third-order valence-electron chi connectivity index (χ3n) is 2.08. The molecule has 2 nitrogen and oxygen atoms in total. The highest BCUT2D eigenvalue weighted by molar-refractivity contribution is 5.81. The molecular formula is C14H20O2. The first kappa shape index (κ1) is 14.4. The van der Waals surface area contributed by atoms with Crippen LogP contribution in [-0.4, -0.2) is 12.6 Å². The van der Waals surface area contributed by atoms with Crippen LogP contribution < -0.4 is 0 Å². The molecule has 0 aromatic carbocycles. The second-order valence-corrected chi connectivity index (χ2v) is 3.22. The monoisotopic (exact) mass is 220 g/mol. The molecule has 0 aliphatic rings. The van der Waals surface area contributed by atoms with E-state index in [1.165, 1.54) is 6.08 Å². The maximum atomic E-state index is 11.0. The number of ether oxygens (including phenoxy) is 1. The van der Waals surface area contributed by atoms with Gasteiger partial charge in [0.15, 0.2) is 0 Å². The fourth-order valence-electron chi connectivity index (χ4n) is 1.26. The predicted octanol–water partition coefficient (Wildman–Crippen LogP) is 3.57. The molecule has 0 aromatic heterocycles. The first-order chi connectivity index (χ1) is 7.69. The summed E-state index contributed by atoms with van der Waals surface area (Å²) >= 11 is 0. The van der Waals surface area contributed by atoms with Crippen molar-refractivity contribution in [3.8, 4) is 0 Å². The van der Waals surface area contributed by atoms with Crippen molar-refractivity contribution in [2.24, 2.45) is 0 Å². The third-order valence-corrected chi connectivity index (χ3v) is 2.08. The lowest BCUT2D eigenvalue weighted by Crippen LogP contribution is -2.05. The number of esters is 1. The number of hydrogen-bond donors (Lipinski definition) is 0. The average Bonchev–Trinajstić information content (AvgIpc) is 2.30. The van der Waals surface area contributed by atoms with Crippen molar-refractivity contribution in [3.05, 3.63) is 48.1 Å². The van der Waals surface area contributed by atoms with E-state index in [0.29, 0.717) is 6.61 Å². The number of carbonyl (C=O) groups excluding carboxylic acids is 1.